The van der Waals surface area contributed by atoms with Crippen molar-refractivity contribution in [3.8, 4) is 17.0 Å². The number of anilines is 1. The quantitative estimate of drug-likeness (QED) is 0.472. The van der Waals surface area contributed by atoms with Crippen molar-refractivity contribution in [1.82, 2.24) is 10.1 Å². The Labute approximate surface area is 201 Å². The Bertz CT molecular complexity index is 1120. The van der Waals surface area contributed by atoms with Gasteiger partial charge in [0.2, 0.25) is 5.88 Å². The molecule has 1 fully saturated rings. The number of morpholine rings is 1. The highest BCUT2D eigenvalue weighted by Gasteiger charge is 2.29. The average Bonchev–Trinajstić information content (AvgIpc) is 3.30. The molecule has 2 heterocycles. The van der Waals surface area contributed by atoms with Gasteiger partial charge in [-0.1, -0.05) is 41.9 Å². The second kappa shape index (κ2) is 10.7. The summed E-state index contributed by atoms with van der Waals surface area (Å²) in [6.07, 6.45) is 0.827. The van der Waals surface area contributed by atoms with E-state index in [4.69, 9.17) is 14.0 Å². The largest absolute Gasteiger partial charge is 0.497 e. The summed E-state index contributed by atoms with van der Waals surface area (Å²) < 4.78 is 16.8. The molecular formula is C27H33N3O4. The van der Waals surface area contributed by atoms with Gasteiger partial charge in [-0.3, -0.25) is 4.79 Å². The van der Waals surface area contributed by atoms with Crippen molar-refractivity contribution in [3.05, 3.63) is 65.2 Å². The molecule has 3 aromatic rings. The number of aromatic nitrogens is 1. The maximum Gasteiger partial charge on any atom is 0.254 e. The van der Waals surface area contributed by atoms with E-state index in [-0.39, 0.29) is 11.9 Å². The smallest absolute Gasteiger partial charge is 0.254 e. The number of benzene rings is 2. The van der Waals surface area contributed by atoms with Crippen molar-refractivity contribution < 1.29 is 18.8 Å². The van der Waals surface area contributed by atoms with Crippen LogP contribution in [0.25, 0.3) is 11.3 Å². The van der Waals surface area contributed by atoms with Gasteiger partial charge in [0.05, 0.1) is 32.4 Å². The van der Waals surface area contributed by atoms with Gasteiger partial charge in [-0.25, -0.2) is 0 Å². The molecule has 7 heteroatoms. The molecule has 1 aliphatic rings. The molecule has 1 aliphatic heterocycles. The number of carbonyl (C=O) groups is 1. The summed E-state index contributed by atoms with van der Waals surface area (Å²) in [5.41, 5.74) is 4.42. The Morgan fingerprint density at radius 3 is 2.65 bits per heavy atom. The minimum absolute atomic E-state index is 0.0245. The van der Waals surface area contributed by atoms with Crippen LogP contribution in [0, 0.1) is 6.92 Å². The van der Waals surface area contributed by atoms with E-state index < -0.39 is 0 Å². The number of nitrogens with zero attached hydrogens (tertiary/aromatic N) is 3. The minimum atomic E-state index is -0.0439. The molecule has 0 N–H and O–H groups in total. The fourth-order valence-electron chi connectivity index (χ4n) is 4.22. The molecule has 1 amide bonds. The summed E-state index contributed by atoms with van der Waals surface area (Å²) >= 11 is 0. The first kappa shape index (κ1) is 23.8. The van der Waals surface area contributed by atoms with E-state index in [9.17, 15) is 4.79 Å². The van der Waals surface area contributed by atoms with Crippen molar-refractivity contribution >= 4 is 11.8 Å². The summed E-state index contributed by atoms with van der Waals surface area (Å²) in [5.74, 6) is 1.33. The zero-order chi connectivity index (χ0) is 24.1. The monoisotopic (exact) mass is 463 g/mol. The molecule has 2 aromatic carbocycles. The van der Waals surface area contributed by atoms with E-state index in [0.29, 0.717) is 37.0 Å². The highest BCUT2D eigenvalue weighted by molar-refractivity contribution is 5.95. The first-order chi connectivity index (χ1) is 16.5. The molecule has 1 saturated heterocycles. The predicted molar refractivity (Wildman–Crippen MR) is 132 cm³/mol. The van der Waals surface area contributed by atoms with Crippen molar-refractivity contribution in [2.24, 2.45) is 0 Å². The Hall–Kier alpha value is -3.32. The van der Waals surface area contributed by atoms with Gasteiger partial charge < -0.3 is 23.8 Å². The zero-order valence-corrected chi connectivity index (χ0v) is 20.4. The number of ether oxygens (including phenoxy) is 2. The number of rotatable bonds is 8. The molecule has 0 bridgehead atoms. The van der Waals surface area contributed by atoms with Gasteiger partial charge >= 0.3 is 0 Å². The lowest BCUT2D eigenvalue weighted by atomic mass is 10.0. The third-order valence-corrected chi connectivity index (χ3v) is 6.39. The Kier molecular flexibility index (Phi) is 7.53. The zero-order valence-electron chi connectivity index (χ0n) is 20.4. The van der Waals surface area contributed by atoms with E-state index in [0.717, 1.165) is 41.9 Å². The molecule has 1 atom stereocenters. The second-order valence-electron chi connectivity index (χ2n) is 8.71. The van der Waals surface area contributed by atoms with Gasteiger partial charge in [0.1, 0.15) is 11.4 Å². The predicted octanol–water partition coefficient (Wildman–Crippen LogP) is 4.94. The van der Waals surface area contributed by atoms with Crippen LogP contribution in [0.4, 0.5) is 5.88 Å². The van der Waals surface area contributed by atoms with Crippen molar-refractivity contribution in [2.45, 2.75) is 39.8 Å². The van der Waals surface area contributed by atoms with E-state index in [1.165, 1.54) is 0 Å². The SMILES string of the molecule is CC[C@@H](C)N(Cc1c(-c2cccc(C)c2)noc1N1CCOCC1)C(=O)c1cccc(OC)c1. The summed E-state index contributed by atoms with van der Waals surface area (Å²) in [5, 5.41) is 4.48. The fraction of sp³-hybridized carbons (Fsp3) is 0.407. The Balaban J connectivity index is 1.76. The van der Waals surface area contributed by atoms with Gasteiger partial charge in [-0.15, -0.1) is 0 Å². The first-order valence-electron chi connectivity index (χ1n) is 11.8. The van der Waals surface area contributed by atoms with E-state index in [1.807, 2.05) is 35.2 Å². The van der Waals surface area contributed by atoms with Gasteiger partial charge in [0.15, 0.2) is 0 Å². The van der Waals surface area contributed by atoms with Crippen LogP contribution in [0.15, 0.2) is 53.1 Å². The van der Waals surface area contributed by atoms with Gasteiger partial charge in [-0.2, -0.15) is 0 Å². The molecule has 1 aromatic heterocycles. The van der Waals surface area contributed by atoms with Crippen molar-refractivity contribution in [1.29, 1.82) is 0 Å². The van der Waals surface area contributed by atoms with E-state index >= 15 is 0 Å². The lowest BCUT2D eigenvalue weighted by Crippen LogP contribution is -2.39. The summed E-state index contributed by atoms with van der Waals surface area (Å²) in [4.78, 5) is 17.8. The van der Waals surface area contributed by atoms with E-state index in [1.54, 1.807) is 13.2 Å². The van der Waals surface area contributed by atoms with Crippen LogP contribution < -0.4 is 9.64 Å². The third-order valence-electron chi connectivity index (χ3n) is 6.39. The number of hydrogen-bond donors (Lipinski definition) is 0. The molecule has 0 spiro atoms. The molecule has 34 heavy (non-hydrogen) atoms. The van der Waals surface area contributed by atoms with Crippen molar-refractivity contribution in [3.63, 3.8) is 0 Å². The van der Waals surface area contributed by atoms with Crippen LogP contribution >= 0.6 is 0 Å². The number of methoxy groups -OCH3 is 1. The van der Waals surface area contributed by atoms with Gasteiger partial charge in [0, 0.05) is 30.3 Å². The van der Waals surface area contributed by atoms with Crippen LogP contribution in [0.2, 0.25) is 0 Å². The molecule has 0 unspecified atom stereocenters. The summed E-state index contributed by atoms with van der Waals surface area (Å²) in [6.45, 7) is 9.34. The van der Waals surface area contributed by atoms with E-state index in [2.05, 4.69) is 43.0 Å². The maximum atomic E-state index is 13.7. The molecule has 4 rings (SSSR count). The number of aryl methyl sites for hydroxylation is 1. The molecule has 7 nitrogen and oxygen atoms in total. The number of hydrogen-bond acceptors (Lipinski definition) is 6. The fourth-order valence-corrected chi connectivity index (χ4v) is 4.22. The standard InChI is InChI=1S/C27H33N3O4/c1-5-20(3)30(26(31)22-10-7-11-23(17-22)32-4)18-24-25(21-9-6-8-19(2)16-21)28-34-27(24)29-12-14-33-15-13-29/h6-11,16-17,20H,5,12-15,18H2,1-4H3/t20-/m1/s1. The summed E-state index contributed by atoms with van der Waals surface area (Å²) in [6, 6.07) is 15.5. The topological polar surface area (TPSA) is 68.0 Å². The number of carbonyl (C=O) groups excluding carboxylic acids is 1. The van der Waals surface area contributed by atoms with Gasteiger partial charge in [0.25, 0.3) is 5.91 Å². The Morgan fingerprint density at radius 1 is 1.18 bits per heavy atom. The maximum absolute atomic E-state index is 13.7. The normalized spacial score (nSPS) is 14.6. The third kappa shape index (κ3) is 5.09. The first-order valence-corrected chi connectivity index (χ1v) is 11.8. The Morgan fingerprint density at radius 2 is 1.94 bits per heavy atom. The molecule has 0 saturated carbocycles. The minimum Gasteiger partial charge on any atom is -0.497 e. The van der Waals surface area contributed by atoms with Crippen LogP contribution in [-0.4, -0.2) is 55.4 Å². The highest BCUT2D eigenvalue weighted by Crippen LogP contribution is 2.34. The summed E-state index contributed by atoms with van der Waals surface area (Å²) in [7, 11) is 1.61. The molecule has 180 valence electrons. The lowest BCUT2D eigenvalue weighted by Gasteiger charge is -2.31. The average molecular weight is 464 g/mol. The van der Waals surface area contributed by atoms with Crippen LogP contribution in [-0.2, 0) is 11.3 Å². The second-order valence-corrected chi connectivity index (χ2v) is 8.71. The van der Waals surface area contributed by atoms with Crippen LogP contribution in [0.3, 0.4) is 0 Å². The molecule has 0 radical (unpaired) electrons. The number of amides is 1. The van der Waals surface area contributed by atoms with Crippen LogP contribution in [0.1, 0.15) is 41.8 Å². The van der Waals surface area contributed by atoms with Gasteiger partial charge in [-0.05, 0) is 44.5 Å². The molecular weight excluding hydrogens is 430 g/mol. The lowest BCUT2D eigenvalue weighted by molar-refractivity contribution is 0.0671. The highest BCUT2D eigenvalue weighted by atomic mass is 16.5. The molecule has 0 aliphatic carbocycles. The van der Waals surface area contributed by atoms with Crippen molar-refractivity contribution in [2.75, 3.05) is 38.3 Å². The van der Waals surface area contributed by atoms with Crippen LogP contribution in [0.5, 0.6) is 5.75 Å².